The van der Waals surface area contributed by atoms with E-state index in [1.807, 2.05) is 24.3 Å². The first-order chi connectivity index (χ1) is 8.70. The Morgan fingerprint density at radius 1 is 1.28 bits per heavy atom. The van der Waals surface area contributed by atoms with Crippen molar-refractivity contribution in [3.05, 3.63) is 30.2 Å². The molecular weight excluding hydrogens is 224 g/mol. The molecule has 0 amide bonds. The predicted molar refractivity (Wildman–Crippen MR) is 74.6 cm³/mol. The number of hydrogen-bond acceptors (Lipinski definition) is 3. The lowest BCUT2D eigenvalue weighted by Crippen LogP contribution is -2.36. The summed E-state index contributed by atoms with van der Waals surface area (Å²) in [4.78, 5) is 4.54. The summed E-state index contributed by atoms with van der Waals surface area (Å²) >= 11 is 0. The van der Waals surface area contributed by atoms with Crippen LogP contribution in [0, 0.1) is 5.92 Å². The largest absolute Gasteiger partial charge is 0.441 e. The van der Waals surface area contributed by atoms with Gasteiger partial charge in [-0.2, -0.15) is 0 Å². The Morgan fingerprint density at radius 2 is 2.06 bits per heavy atom. The number of para-hydroxylation sites is 2. The highest BCUT2D eigenvalue weighted by Crippen LogP contribution is 2.17. The van der Waals surface area contributed by atoms with Crippen molar-refractivity contribution in [1.82, 2.24) is 10.3 Å². The van der Waals surface area contributed by atoms with E-state index in [1.165, 1.54) is 0 Å². The molecule has 2 rings (SSSR count). The first-order valence-corrected chi connectivity index (χ1v) is 6.78. The van der Waals surface area contributed by atoms with E-state index in [2.05, 4.69) is 31.1 Å². The van der Waals surface area contributed by atoms with Crippen molar-refractivity contribution in [3.8, 4) is 0 Å². The van der Waals surface area contributed by atoms with Crippen molar-refractivity contribution in [2.24, 2.45) is 5.92 Å². The van der Waals surface area contributed by atoms with Crippen LogP contribution >= 0.6 is 0 Å². The molecule has 1 aromatic heterocycles. The van der Waals surface area contributed by atoms with Crippen molar-refractivity contribution in [3.63, 3.8) is 0 Å². The van der Waals surface area contributed by atoms with E-state index >= 15 is 0 Å². The zero-order valence-corrected chi connectivity index (χ0v) is 11.4. The van der Waals surface area contributed by atoms with Crippen LogP contribution in [0.5, 0.6) is 0 Å². The van der Waals surface area contributed by atoms with Crippen LogP contribution in [0.15, 0.2) is 28.7 Å². The third kappa shape index (κ3) is 3.10. The molecule has 0 saturated heterocycles. The summed E-state index contributed by atoms with van der Waals surface area (Å²) in [6, 6.07) is 8.36. The van der Waals surface area contributed by atoms with E-state index in [1.54, 1.807) is 0 Å². The van der Waals surface area contributed by atoms with Crippen molar-refractivity contribution < 1.29 is 4.42 Å². The monoisotopic (exact) mass is 246 g/mol. The van der Waals surface area contributed by atoms with Crippen LogP contribution in [0.1, 0.15) is 33.1 Å². The summed E-state index contributed by atoms with van der Waals surface area (Å²) in [6.45, 7) is 7.69. The Hall–Kier alpha value is -1.35. The maximum Gasteiger partial charge on any atom is 0.197 e. The summed E-state index contributed by atoms with van der Waals surface area (Å²) in [5.41, 5.74) is 1.83. The predicted octanol–water partition coefficient (Wildman–Crippen LogP) is 3.39. The van der Waals surface area contributed by atoms with E-state index in [-0.39, 0.29) is 0 Å². The number of benzene rings is 1. The van der Waals surface area contributed by atoms with Crippen molar-refractivity contribution in [1.29, 1.82) is 0 Å². The lowest BCUT2D eigenvalue weighted by atomic mass is 10.0. The van der Waals surface area contributed by atoms with E-state index in [4.69, 9.17) is 4.42 Å². The second-order valence-corrected chi connectivity index (χ2v) is 5.08. The second kappa shape index (κ2) is 6.01. The van der Waals surface area contributed by atoms with Gasteiger partial charge in [0.25, 0.3) is 0 Å². The minimum atomic E-state index is 0.429. The van der Waals surface area contributed by atoms with Crippen LogP contribution in [-0.4, -0.2) is 17.6 Å². The molecule has 18 heavy (non-hydrogen) atoms. The second-order valence-electron chi connectivity index (χ2n) is 5.08. The molecule has 3 nitrogen and oxygen atoms in total. The topological polar surface area (TPSA) is 38.1 Å². The molecule has 1 heterocycles. The molecule has 0 aliphatic carbocycles. The molecule has 0 spiro atoms. The highest BCUT2D eigenvalue weighted by atomic mass is 16.3. The molecule has 1 aromatic carbocycles. The number of hydrogen-bond donors (Lipinski definition) is 1. The number of nitrogens with one attached hydrogen (secondary N) is 1. The van der Waals surface area contributed by atoms with Gasteiger partial charge in [0.05, 0.1) is 0 Å². The lowest BCUT2D eigenvalue weighted by molar-refractivity contribution is 0.367. The summed E-state index contributed by atoms with van der Waals surface area (Å²) in [5.74, 6) is 1.41. The molecule has 3 heteroatoms. The van der Waals surface area contributed by atoms with Gasteiger partial charge in [0.1, 0.15) is 5.52 Å². The summed E-state index contributed by atoms with van der Waals surface area (Å²) in [6.07, 6.45) is 2.00. The van der Waals surface area contributed by atoms with Gasteiger partial charge in [0, 0.05) is 12.5 Å². The third-order valence-corrected chi connectivity index (χ3v) is 3.19. The SMILES string of the molecule is CCCNC(Cc1nc2ccccc2o1)C(C)C. The van der Waals surface area contributed by atoms with Crippen LogP contribution < -0.4 is 5.32 Å². The van der Waals surface area contributed by atoms with Gasteiger partial charge >= 0.3 is 0 Å². The smallest absolute Gasteiger partial charge is 0.197 e. The van der Waals surface area contributed by atoms with Gasteiger partial charge in [-0.3, -0.25) is 0 Å². The fraction of sp³-hybridized carbons (Fsp3) is 0.533. The Labute approximate surface area is 109 Å². The van der Waals surface area contributed by atoms with Crippen LogP contribution in [0.25, 0.3) is 11.1 Å². The normalized spacial score (nSPS) is 13.3. The Kier molecular flexibility index (Phi) is 4.37. The molecule has 0 bridgehead atoms. The number of fused-ring (bicyclic) bond motifs is 1. The zero-order chi connectivity index (χ0) is 13.0. The summed E-state index contributed by atoms with van der Waals surface area (Å²) in [5, 5.41) is 3.56. The van der Waals surface area contributed by atoms with Gasteiger partial charge in [-0.05, 0) is 31.0 Å². The van der Waals surface area contributed by atoms with E-state index in [0.717, 1.165) is 36.4 Å². The van der Waals surface area contributed by atoms with Gasteiger partial charge < -0.3 is 9.73 Å². The number of oxazole rings is 1. The van der Waals surface area contributed by atoms with Gasteiger partial charge in [0.15, 0.2) is 11.5 Å². The molecule has 1 N–H and O–H groups in total. The molecule has 0 fully saturated rings. The molecule has 1 atom stereocenters. The van der Waals surface area contributed by atoms with Crippen molar-refractivity contribution in [2.75, 3.05) is 6.54 Å². The number of rotatable bonds is 6. The molecule has 1 unspecified atom stereocenters. The zero-order valence-electron chi connectivity index (χ0n) is 11.4. The van der Waals surface area contributed by atoms with Gasteiger partial charge in [0.2, 0.25) is 0 Å². The molecule has 0 aliphatic heterocycles. The Bertz CT molecular complexity index is 457. The minimum Gasteiger partial charge on any atom is -0.441 e. The molecule has 98 valence electrons. The van der Waals surface area contributed by atoms with Crippen LogP contribution in [0.4, 0.5) is 0 Å². The average molecular weight is 246 g/mol. The van der Waals surface area contributed by atoms with E-state index < -0.39 is 0 Å². The van der Waals surface area contributed by atoms with Gasteiger partial charge in [-0.1, -0.05) is 32.9 Å². The fourth-order valence-corrected chi connectivity index (χ4v) is 2.07. The first kappa shape index (κ1) is 13.1. The first-order valence-electron chi connectivity index (χ1n) is 6.78. The Balaban J connectivity index is 2.10. The highest BCUT2D eigenvalue weighted by Gasteiger charge is 2.16. The quantitative estimate of drug-likeness (QED) is 0.849. The fourth-order valence-electron chi connectivity index (χ4n) is 2.07. The standard InChI is InChI=1S/C15H22N2O/c1-4-9-16-13(11(2)3)10-15-17-12-7-5-6-8-14(12)18-15/h5-8,11,13,16H,4,9-10H2,1-3H3. The van der Waals surface area contributed by atoms with Crippen molar-refractivity contribution >= 4 is 11.1 Å². The summed E-state index contributed by atoms with van der Waals surface area (Å²) < 4.78 is 5.78. The van der Waals surface area contributed by atoms with E-state index in [9.17, 15) is 0 Å². The Morgan fingerprint density at radius 3 is 2.72 bits per heavy atom. The summed E-state index contributed by atoms with van der Waals surface area (Å²) in [7, 11) is 0. The lowest BCUT2D eigenvalue weighted by Gasteiger charge is -2.20. The molecule has 2 aromatic rings. The molecule has 0 saturated carbocycles. The number of aromatic nitrogens is 1. The maximum absolute atomic E-state index is 5.78. The van der Waals surface area contributed by atoms with E-state index in [0.29, 0.717) is 12.0 Å². The highest BCUT2D eigenvalue weighted by molar-refractivity contribution is 5.72. The third-order valence-electron chi connectivity index (χ3n) is 3.19. The van der Waals surface area contributed by atoms with Gasteiger partial charge in [-0.15, -0.1) is 0 Å². The molecular formula is C15H22N2O. The van der Waals surface area contributed by atoms with Crippen LogP contribution in [0.2, 0.25) is 0 Å². The average Bonchev–Trinajstić information content (AvgIpc) is 2.76. The van der Waals surface area contributed by atoms with Crippen LogP contribution in [-0.2, 0) is 6.42 Å². The number of nitrogens with zero attached hydrogens (tertiary/aromatic N) is 1. The maximum atomic E-state index is 5.78. The minimum absolute atomic E-state index is 0.429. The molecule has 0 radical (unpaired) electrons. The van der Waals surface area contributed by atoms with Gasteiger partial charge in [-0.25, -0.2) is 4.98 Å². The van der Waals surface area contributed by atoms with Crippen molar-refractivity contribution in [2.45, 2.75) is 39.7 Å². The molecule has 0 aliphatic rings. The van der Waals surface area contributed by atoms with Crippen LogP contribution in [0.3, 0.4) is 0 Å².